The van der Waals surface area contributed by atoms with Crippen LogP contribution in [0.1, 0.15) is 72.6 Å². The predicted molar refractivity (Wildman–Crippen MR) is 99.3 cm³/mol. The molecule has 2 aliphatic heterocycles. The third-order valence-electron chi connectivity index (χ3n) is 6.79. The van der Waals surface area contributed by atoms with Crippen molar-refractivity contribution in [2.75, 3.05) is 6.54 Å². The minimum atomic E-state index is -0.493. The average Bonchev–Trinajstić information content (AvgIpc) is 2.51. The second kappa shape index (κ2) is 6.00. The summed E-state index contributed by atoms with van der Waals surface area (Å²) < 4.78 is 5.83. The molecule has 1 saturated carbocycles. The van der Waals surface area contributed by atoms with Crippen LogP contribution in [0.5, 0.6) is 0 Å². The summed E-state index contributed by atoms with van der Waals surface area (Å²) >= 11 is 0. The molecule has 4 aliphatic rings. The van der Waals surface area contributed by atoms with E-state index in [1.165, 1.54) is 18.4 Å². The topological polar surface area (TPSA) is 58.6 Å². The van der Waals surface area contributed by atoms with Gasteiger partial charge < -0.3 is 10.1 Å². The van der Waals surface area contributed by atoms with Crippen LogP contribution in [0.2, 0.25) is 0 Å². The van der Waals surface area contributed by atoms with Crippen LogP contribution in [0.25, 0.3) is 0 Å². The van der Waals surface area contributed by atoms with Gasteiger partial charge in [-0.15, -0.1) is 0 Å². The number of piperidine rings is 1. The molecule has 26 heavy (non-hydrogen) atoms. The van der Waals surface area contributed by atoms with Crippen LogP contribution in [-0.2, 0) is 9.53 Å². The number of amides is 2. The van der Waals surface area contributed by atoms with Gasteiger partial charge in [-0.2, -0.15) is 0 Å². The van der Waals surface area contributed by atoms with E-state index in [2.05, 4.69) is 17.1 Å². The van der Waals surface area contributed by atoms with Crippen LogP contribution < -0.4 is 5.32 Å². The van der Waals surface area contributed by atoms with E-state index in [4.69, 9.17) is 4.74 Å². The number of likely N-dealkylation sites (tertiary alicyclic amines) is 1. The number of ether oxygens (including phenoxy) is 1. The molecule has 2 amide bonds. The number of nitrogens with zero attached hydrogens (tertiary/aromatic N) is 1. The standard InChI is InChI=1S/C21H32N2O3/c1-13-10-14-11-17-16(7-8-18(24)22-17)21(12-13)15(14)6-5-9-23(21)19(25)26-20(2,3)4/h13-15H,5-12H2,1-4H3,(H,22,24). The fraction of sp³-hybridized carbons (Fsp3) is 0.810. The third kappa shape index (κ3) is 2.74. The fourth-order valence-corrected chi connectivity index (χ4v) is 6.21. The van der Waals surface area contributed by atoms with Crippen molar-refractivity contribution in [2.24, 2.45) is 17.8 Å². The van der Waals surface area contributed by atoms with Crippen LogP contribution in [0, 0.1) is 17.8 Å². The molecule has 2 bridgehead atoms. The van der Waals surface area contributed by atoms with E-state index in [0.717, 1.165) is 37.9 Å². The largest absolute Gasteiger partial charge is 0.444 e. The molecule has 2 heterocycles. The molecule has 1 N–H and O–H groups in total. The van der Waals surface area contributed by atoms with Gasteiger partial charge in [-0.05, 0) is 82.6 Å². The van der Waals surface area contributed by atoms with Gasteiger partial charge in [0.15, 0.2) is 0 Å². The van der Waals surface area contributed by atoms with Gasteiger partial charge in [0.25, 0.3) is 0 Å². The normalized spacial score (nSPS) is 36.8. The molecule has 1 saturated heterocycles. The van der Waals surface area contributed by atoms with E-state index < -0.39 is 5.60 Å². The number of carbonyl (C=O) groups is 2. The number of hydrogen-bond acceptors (Lipinski definition) is 3. The molecule has 4 rings (SSSR count). The molecule has 0 aromatic carbocycles. The minimum absolute atomic E-state index is 0.129. The van der Waals surface area contributed by atoms with E-state index in [-0.39, 0.29) is 17.5 Å². The van der Waals surface area contributed by atoms with Crippen molar-refractivity contribution in [1.29, 1.82) is 0 Å². The average molecular weight is 360 g/mol. The van der Waals surface area contributed by atoms with Crippen molar-refractivity contribution in [2.45, 2.75) is 83.8 Å². The highest BCUT2D eigenvalue weighted by molar-refractivity contribution is 5.80. The van der Waals surface area contributed by atoms with E-state index in [9.17, 15) is 9.59 Å². The quantitative estimate of drug-likeness (QED) is 0.711. The van der Waals surface area contributed by atoms with Crippen molar-refractivity contribution >= 4 is 12.0 Å². The van der Waals surface area contributed by atoms with Gasteiger partial charge in [0.1, 0.15) is 5.60 Å². The maximum atomic E-state index is 13.2. The molecule has 144 valence electrons. The maximum absolute atomic E-state index is 13.2. The Balaban J connectivity index is 1.80. The van der Waals surface area contributed by atoms with Gasteiger partial charge in [0, 0.05) is 18.7 Å². The third-order valence-corrected chi connectivity index (χ3v) is 6.79. The highest BCUT2D eigenvalue weighted by Crippen LogP contribution is 2.59. The fourth-order valence-electron chi connectivity index (χ4n) is 6.21. The first-order valence-electron chi connectivity index (χ1n) is 10.2. The predicted octanol–water partition coefficient (Wildman–Crippen LogP) is 3.99. The Morgan fingerprint density at radius 2 is 2.08 bits per heavy atom. The van der Waals surface area contributed by atoms with Gasteiger partial charge in [-0.1, -0.05) is 6.92 Å². The summed E-state index contributed by atoms with van der Waals surface area (Å²) in [6, 6.07) is 0. The summed E-state index contributed by atoms with van der Waals surface area (Å²) in [5.41, 5.74) is 1.71. The number of carbonyl (C=O) groups excluding carboxylic acids is 2. The number of hydrogen-bond donors (Lipinski definition) is 1. The van der Waals surface area contributed by atoms with Gasteiger partial charge in [-0.3, -0.25) is 9.69 Å². The number of rotatable bonds is 0. The molecule has 0 aromatic rings. The van der Waals surface area contributed by atoms with Crippen molar-refractivity contribution in [3.8, 4) is 0 Å². The molecule has 4 unspecified atom stereocenters. The number of allylic oxidation sites excluding steroid dienone is 1. The Bertz CT molecular complexity index is 663. The summed E-state index contributed by atoms with van der Waals surface area (Å²) in [6.45, 7) is 8.88. The summed E-state index contributed by atoms with van der Waals surface area (Å²) in [5, 5.41) is 3.16. The van der Waals surface area contributed by atoms with E-state index in [1.807, 2.05) is 20.8 Å². The Morgan fingerprint density at radius 3 is 2.81 bits per heavy atom. The SMILES string of the molecule is CC1CC2CC3=C(CCC(=O)N3)C3(C1)C2CCCN3C(=O)OC(C)(C)C. The molecule has 5 heteroatoms. The molecule has 5 nitrogen and oxygen atoms in total. The molecule has 2 aliphatic carbocycles. The van der Waals surface area contributed by atoms with E-state index in [0.29, 0.717) is 24.2 Å². The van der Waals surface area contributed by atoms with Crippen molar-refractivity contribution in [3.63, 3.8) is 0 Å². The van der Waals surface area contributed by atoms with Gasteiger partial charge >= 0.3 is 6.09 Å². The Morgan fingerprint density at radius 1 is 1.31 bits per heavy atom. The highest BCUT2D eigenvalue weighted by Gasteiger charge is 2.60. The zero-order valence-corrected chi connectivity index (χ0v) is 16.6. The summed E-state index contributed by atoms with van der Waals surface area (Å²) in [4.78, 5) is 27.3. The van der Waals surface area contributed by atoms with Crippen LogP contribution in [0.3, 0.4) is 0 Å². The first kappa shape index (κ1) is 17.9. The first-order valence-corrected chi connectivity index (χ1v) is 10.2. The van der Waals surface area contributed by atoms with Gasteiger partial charge in [0.05, 0.1) is 5.54 Å². The van der Waals surface area contributed by atoms with Crippen molar-refractivity contribution in [1.82, 2.24) is 10.2 Å². The lowest BCUT2D eigenvalue weighted by Crippen LogP contribution is -2.67. The van der Waals surface area contributed by atoms with Gasteiger partial charge in [0.2, 0.25) is 5.91 Å². The monoisotopic (exact) mass is 360 g/mol. The van der Waals surface area contributed by atoms with Crippen molar-refractivity contribution < 1.29 is 14.3 Å². The van der Waals surface area contributed by atoms with Crippen LogP contribution in [0.4, 0.5) is 4.79 Å². The van der Waals surface area contributed by atoms with Crippen LogP contribution in [0.15, 0.2) is 11.3 Å². The molecule has 0 radical (unpaired) electrons. The molecular formula is C21H32N2O3. The second-order valence-electron chi connectivity index (χ2n) is 9.82. The lowest BCUT2D eigenvalue weighted by molar-refractivity contribution is -0.122. The summed E-state index contributed by atoms with van der Waals surface area (Å²) in [6.07, 6.45) is 6.54. The summed E-state index contributed by atoms with van der Waals surface area (Å²) in [5.74, 6) is 1.78. The molecular weight excluding hydrogens is 328 g/mol. The lowest BCUT2D eigenvalue weighted by atomic mass is 9.52. The Hall–Kier alpha value is -1.52. The summed E-state index contributed by atoms with van der Waals surface area (Å²) in [7, 11) is 0. The zero-order valence-electron chi connectivity index (χ0n) is 16.6. The molecule has 0 spiro atoms. The number of nitrogens with one attached hydrogen (secondary N) is 1. The Labute approximate surface area is 156 Å². The first-order chi connectivity index (χ1) is 12.2. The Kier molecular flexibility index (Phi) is 4.12. The lowest BCUT2D eigenvalue weighted by Gasteiger charge is -2.62. The minimum Gasteiger partial charge on any atom is -0.444 e. The zero-order chi connectivity index (χ0) is 18.7. The van der Waals surface area contributed by atoms with Crippen molar-refractivity contribution in [3.05, 3.63) is 11.3 Å². The maximum Gasteiger partial charge on any atom is 0.411 e. The van der Waals surface area contributed by atoms with E-state index >= 15 is 0 Å². The highest BCUT2D eigenvalue weighted by atomic mass is 16.6. The van der Waals surface area contributed by atoms with Crippen LogP contribution in [-0.4, -0.2) is 34.6 Å². The molecule has 2 fully saturated rings. The second-order valence-corrected chi connectivity index (χ2v) is 9.82. The molecule has 0 aromatic heterocycles. The van der Waals surface area contributed by atoms with Gasteiger partial charge in [-0.25, -0.2) is 4.79 Å². The smallest absolute Gasteiger partial charge is 0.411 e. The van der Waals surface area contributed by atoms with Crippen LogP contribution >= 0.6 is 0 Å². The molecule has 4 atom stereocenters. The van der Waals surface area contributed by atoms with E-state index in [1.54, 1.807) is 0 Å².